The van der Waals surface area contributed by atoms with Crippen LogP contribution < -0.4 is 5.73 Å². The zero-order valence-corrected chi connectivity index (χ0v) is 14.1. The van der Waals surface area contributed by atoms with Crippen molar-refractivity contribution in [2.24, 2.45) is 5.73 Å². The Hall–Kier alpha value is -1.35. The van der Waals surface area contributed by atoms with Crippen LogP contribution in [0.1, 0.15) is 56.6 Å². The number of rotatable bonds is 6. The second kappa shape index (κ2) is 8.33. The molecule has 3 heteroatoms. The number of aryl methyl sites for hydroxylation is 2. The molecule has 0 radical (unpaired) electrons. The summed E-state index contributed by atoms with van der Waals surface area (Å²) >= 11 is 0. The largest absolute Gasteiger partial charge is 0.338 e. The van der Waals surface area contributed by atoms with E-state index >= 15 is 0 Å². The number of nitrogens with zero attached hydrogens (tertiary/aromatic N) is 1. The molecule has 1 amide bonds. The molecule has 2 atom stereocenters. The Labute approximate surface area is 134 Å². The van der Waals surface area contributed by atoms with Crippen LogP contribution in [-0.2, 0) is 11.2 Å². The molecule has 0 saturated carbocycles. The number of likely N-dealkylation sites (tertiary alicyclic amines) is 1. The van der Waals surface area contributed by atoms with Gasteiger partial charge in [0.2, 0.25) is 5.91 Å². The minimum atomic E-state index is 0.0804. The number of benzene rings is 1. The van der Waals surface area contributed by atoms with Crippen molar-refractivity contribution < 1.29 is 4.79 Å². The molecule has 2 N–H and O–H groups in total. The Morgan fingerprint density at radius 3 is 2.68 bits per heavy atom. The lowest BCUT2D eigenvalue weighted by Crippen LogP contribution is -2.51. The number of carbonyl (C=O) groups is 1. The van der Waals surface area contributed by atoms with Gasteiger partial charge in [-0.05, 0) is 57.9 Å². The quantitative estimate of drug-likeness (QED) is 0.818. The Morgan fingerprint density at radius 2 is 2.00 bits per heavy atom. The van der Waals surface area contributed by atoms with E-state index in [9.17, 15) is 4.79 Å². The fourth-order valence-electron chi connectivity index (χ4n) is 3.32. The van der Waals surface area contributed by atoms with Gasteiger partial charge >= 0.3 is 0 Å². The highest BCUT2D eigenvalue weighted by molar-refractivity contribution is 5.76. The average Bonchev–Trinajstić information content (AvgIpc) is 2.53. The van der Waals surface area contributed by atoms with Crippen molar-refractivity contribution in [3.8, 4) is 0 Å². The van der Waals surface area contributed by atoms with Gasteiger partial charge in [0.1, 0.15) is 0 Å². The summed E-state index contributed by atoms with van der Waals surface area (Å²) in [5.41, 5.74) is 8.71. The van der Waals surface area contributed by atoms with Crippen LogP contribution in [0.15, 0.2) is 24.3 Å². The van der Waals surface area contributed by atoms with Crippen LogP contribution in [-0.4, -0.2) is 29.4 Å². The predicted molar refractivity (Wildman–Crippen MR) is 91.7 cm³/mol. The van der Waals surface area contributed by atoms with Gasteiger partial charge in [-0.25, -0.2) is 0 Å². The fraction of sp³-hybridized carbons (Fsp3) is 0.632. The average molecular weight is 302 g/mol. The normalized spacial score (nSPS) is 20.0. The van der Waals surface area contributed by atoms with Gasteiger partial charge in [0.25, 0.3) is 0 Å². The molecule has 22 heavy (non-hydrogen) atoms. The molecule has 0 bridgehead atoms. The summed E-state index contributed by atoms with van der Waals surface area (Å²) in [6.07, 6.45) is 7.15. The van der Waals surface area contributed by atoms with Crippen molar-refractivity contribution in [3.63, 3.8) is 0 Å². The highest BCUT2D eigenvalue weighted by atomic mass is 16.2. The molecule has 122 valence electrons. The third-order valence-corrected chi connectivity index (χ3v) is 4.70. The maximum Gasteiger partial charge on any atom is 0.222 e. The second-order valence-corrected chi connectivity index (χ2v) is 6.70. The zero-order valence-electron chi connectivity index (χ0n) is 14.1. The minimum Gasteiger partial charge on any atom is -0.338 e. The first kappa shape index (κ1) is 17.0. The molecule has 0 spiro atoms. The van der Waals surface area contributed by atoms with Crippen LogP contribution in [0.4, 0.5) is 0 Å². The first-order valence-corrected chi connectivity index (χ1v) is 8.68. The van der Waals surface area contributed by atoms with E-state index in [1.807, 2.05) is 11.8 Å². The number of carbonyl (C=O) groups excluding carboxylic acids is 1. The van der Waals surface area contributed by atoms with Crippen molar-refractivity contribution in [3.05, 3.63) is 35.4 Å². The minimum absolute atomic E-state index is 0.0804. The molecule has 1 aliphatic heterocycles. The molecule has 0 aliphatic carbocycles. The fourth-order valence-corrected chi connectivity index (χ4v) is 3.32. The highest BCUT2D eigenvalue weighted by Gasteiger charge is 2.28. The Bertz CT molecular complexity index is 467. The monoisotopic (exact) mass is 302 g/mol. The predicted octanol–water partition coefficient (Wildman–Crippen LogP) is 3.44. The lowest BCUT2D eigenvalue weighted by Gasteiger charge is -2.38. The van der Waals surface area contributed by atoms with Crippen molar-refractivity contribution in [1.29, 1.82) is 0 Å². The van der Waals surface area contributed by atoms with E-state index in [-0.39, 0.29) is 12.1 Å². The zero-order chi connectivity index (χ0) is 15.9. The molecule has 2 rings (SSSR count). The smallest absolute Gasteiger partial charge is 0.222 e. The summed E-state index contributed by atoms with van der Waals surface area (Å²) in [6.45, 7) is 5.02. The van der Waals surface area contributed by atoms with Crippen LogP contribution in [0.25, 0.3) is 0 Å². The van der Waals surface area contributed by atoms with Gasteiger partial charge in [-0.1, -0.05) is 29.8 Å². The maximum atomic E-state index is 12.4. The molecular weight excluding hydrogens is 272 g/mol. The Kier molecular flexibility index (Phi) is 6.44. The highest BCUT2D eigenvalue weighted by Crippen LogP contribution is 2.20. The van der Waals surface area contributed by atoms with Crippen molar-refractivity contribution in [2.75, 3.05) is 6.54 Å². The molecule has 1 aliphatic rings. The summed E-state index contributed by atoms with van der Waals surface area (Å²) in [7, 11) is 0. The van der Waals surface area contributed by atoms with Crippen molar-refractivity contribution in [1.82, 2.24) is 4.90 Å². The molecule has 1 fully saturated rings. The molecule has 1 aromatic carbocycles. The second-order valence-electron chi connectivity index (χ2n) is 6.70. The van der Waals surface area contributed by atoms with E-state index in [1.54, 1.807) is 0 Å². The van der Waals surface area contributed by atoms with E-state index in [4.69, 9.17) is 5.73 Å². The summed E-state index contributed by atoms with van der Waals surface area (Å²) < 4.78 is 0. The van der Waals surface area contributed by atoms with Crippen LogP contribution >= 0.6 is 0 Å². The van der Waals surface area contributed by atoms with Crippen molar-refractivity contribution in [2.45, 2.75) is 70.9 Å². The summed E-state index contributed by atoms with van der Waals surface area (Å²) in [5.74, 6) is 0.297. The third-order valence-electron chi connectivity index (χ3n) is 4.70. The lowest BCUT2D eigenvalue weighted by atomic mass is 9.96. The molecule has 0 aromatic heterocycles. The summed E-state index contributed by atoms with van der Waals surface area (Å²) in [4.78, 5) is 14.5. The first-order chi connectivity index (χ1) is 10.6. The van der Waals surface area contributed by atoms with Gasteiger partial charge in [-0.2, -0.15) is 0 Å². The third kappa shape index (κ3) is 4.84. The van der Waals surface area contributed by atoms with Gasteiger partial charge < -0.3 is 10.6 Å². The molecule has 3 nitrogen and oxygen atoms in total. The number of amides is 1. The van der Waals surface area contributed by atoms with Crippen LogP contribution in [0, 0.1) is 6.92 Å². The van der Waals surface area contributed by atoms with E-state index < -0.39 is 0 Å². The van der Waals surface area contributed by atoms with Gasteiger partial charge in [0.05, 0.1) is 0 Å². The van der Waals surface area contributed by atoms with Crippen molar-refractivity contribution >= 4 is 5.91 Å². The number of piperidine rings is 1. The number of nitrogens with two attached hydrogens (primary N) is 1. The standard InChI is InChI=1S/C19H30N2O/c1-15-10-12-17(13-11-15)7-3-4-9-19(22)21-14-6-5-8-18(21)16(2)20/h10-13,16,18H,3-9,14,20H2,1-2H3. The molecular formula is C19H30N2O. The van der Waals surface area contributed by atoms with Crippen LogP contribution in [0.5, 0.6) is 0 Å². The van der Waals surface area contributed by atoms with E-state index in [0.717, 1.165) is 38.6 Å². The van der Waals surface area contributed by atoms with E-state index in [0.29, 0.717) is 12.3 Å². The number of hydrogen-bond acceptors (Lipinski definition) is 2. The van der Waals surface area contributed by atoms with Crippen LogP contribution in [0.3, 0.4) is 0 Å². The van der Waals surface area contributed by atoms with Gasteiger partial charge in [-0.15, -0.1) is 0 Å². The molecule has 1 heterocycles. The summed E-state index contributed by atoms with van der Waals surface area (Å²) in [5, 5.41) is 0. The van der Waals surface area contributed by atoms with Gasteiger partial charge in [0, 0.05) is 25.0 Å². The molecule has 1 aromatic rings. The molecule has 1 saturated heterocycles. The van der Waals surface area contributed by atoms with E-state index in [2.05, 4.69) is 31.2 Å². The van der Waals surface area contributed by atoms with Gasteiger partial charge in [-0.3, -0.25) is 4.79 Å². The maximum absolute atomic E-state index is 12.4. The Morgan fingerprint density at radius 1 is 1.27 bits per heavy atom. The summed E-state index contributed by atoms with van der Waals surface area (Å²) in [6, 6.07) is 9.01. The van der Waals surface area contributed by atoms with Crippen LogP contribution in [0.2, 0.25) is 0 Å². The number of unbranched alkanes of at least 4 members (excludes halogenated alkanes) is 1. The number of hydrogen-bond donors (Lipinski definition) is 1. The molecule has 2 unspecified atom stereocenters. The topological polar surface area (TPSA) is 46.3 Å². The lowest BCUT2D eigenvalue weighted by molar-refractivity contribution is -0.135. The first-order valence-electron chi connectivity index (χ1n) is 8.68. The van der Waals surface area contributed by atoms with E-state index in [1.165, 1.54) is 17.5 Å². The SMILES string of the molecule is Cc1ccc(CCCCC(=O)N2CCCCC2C(C)N)cc1. The Balaban J connectivity index is 1.73. The van der Waals surface area contributed by atoms with Gasteiger partial charge in [0.15, 0.2) is 0 Å².